The van der Waals surface area contributed by atoms with Crippen molar-refractivity contribution in [3.8, 4) is 0 Å². The molecule has 2 aliphatic heterocycles. The predicted octanol–water partition coefficient (Wildman–Crippen LogP) is 9.40. The molecule has 13 N–H and O–H groups in total. The summed E-state index contributed by atoms with van der Waals surface area (Å²) in [4.78, 5) is 217. The molecule has 6 aromatic rings. The van der Waals surface area contributed by atoms with Crippen molar-refractivity contribution in [2.75, 3.05) is 23.8 Å². The third kappa shape index (κ3) is 30.7. The van der Waals surface area contributed by atoms with E-state index >= 15 is 28.8 Å². The number of halogens is 1. The van der Waals surface area contributed by atoms with Crippen molar-refractivity contribution in [2.24, 2.45) is 47.0 Å². The van der Waals surface area contributed by atoms with E-state index in [1.807, 2.05) is 44.2 Å². The highest BCUT2D eigenvalue weighted by molar-refractivity contribution is 8.59. The highest BCUT2D eigenvalue weighted by Crippen LogP contribution is 2.66. The third-order valence-electron chi connectivity index (χ3n) is 21.0. The number of hydrogen-bond acceptors (Lipinski definition) is 17. The lowest BCUT2D eigenvalue weighted by Gasteiger charge is -2.30. The van der Waals surface area contributed by atoms with Gasteiger partial charge in [0.05, 0.1) is 32.1 Å². The number of nitrogens with one attached hydrogen (secondary N) is 9. The Morgan fingerprint density at radius 1 is 0.583 bits per heavy atom. The second kappa shape index (κ2) is 47.4. The Hall–Kier alpha value is -9.87. The molecule has 8 rings (SSSR count). The molecule has 1 aromatic heterocycles. The molecule has 29 nitrogen and oxygen atoms in total. The molecule has 5 unspecified atom stereocenters. The number of fused-ring (bicyclic) bond motifs is 1. The first-order valence-corrected chi connectivity index (χ1v) is 47.2. The lowest BCUT2D eigenvalue weighted by molar-refractivity contribution is -0.143. The fourth-order valence-electron chi connectivity index (χ4n) is 14.6. The van der Waals surface area contributed by atoms with Gasteiger partial charge >= 0.3 is 6.03 Å². The largest absolute Gasteiger partial charge is 0.368 e. The number of imide groups is 1. The Balaban J connectivity index is 1.14. The molecule has 642 valence electrons. The molecule has 0 saturated carbocycles. The molecule has 2 aliphatic rings. The number of pyridine rings is 1. The molecular formula is C86H110ClN13O16P4. The fourth-order valence-corrected chi connectivity index (χ4v) is 16.5. The van der Waals surface area contributed by atoms with Crippen LogP contribution in [0.2, 0.25) is 5.02 Å². The van der Waals surface area contributed by atoms with Gasteiger partial charge in [0.25, 0.3) is 0 Å². The highest BCUT2D eigenvalue weighted by Gasteiger charge is 2.41. The Morgan fingerprint density at radius 3 is 1.68 bits per heavy atom. The molecule has 13 amide bonds. The minimum Gasteiger partial charge on any atom is -0.368 e. The maximum Gasteiger partial charge on any atom is 0.316 e. The minimum absolute atomic E-state index is 0.0898. The van der Waals surface area contributed by atoms with Crippen LogP contribution in [-0.2, 0) is 97.3 Å². The van der Waals surface area contributed by atoms with Crippen LogP contribution in [0.4, 0.5) is 16.2 Å². The van der Waals surface area contributed by atoms with Gasteiger partial charge < -0.3 is 63.4 Å². The summed E-state index contributed by atoms with van der Waals surface area (Å²) >= 11 is 6.33. The summed E-state index contributed by atoms with van der Waals surface area (Å²) < 4.78 is 6.28. The van der Waals surface area contributed by atoms with Crippen molar-refractivity contribution in [2.45, 2.75) is 193 Å². The molecule has 0 radical (unpaired) electrons. The molecule has 0 spiro atoms. The van der Waals surface area contributed by atoms with Crippen molar-refractivity contribution in [3.63, 3.8) is 0 Å². The van der Waals surface area contributed by atoms with Crippen LogP contribution in [0.1, 0.15) is 159 Å². The smallest absolute Gasteiger partial charge is 0.316 e. The topological polar surface area (TPSA) is 442 Å². The van der Waals surface area contributed by atoms with Crippen LogP contribution in [0.25, 0.3) is 10.8 Å². The zero-order chi connectivity index (χ0) is 87.3. The van der Waals surface area contributed by atoms with E-state index in [4.69, 9.17) is 27.6 Å². The van der Waals surface area contributed by atoms with E-state index in [0.29, 0.717) is 57.3 Å². The van der Waals surface area contributed by atoms with Crippen LogP contribution in [0.5, 0.6) is 0 Å². The number of Topliss-reactive ketones (excluding diaryl/α,β-unsaturated/α-hetero) is 3. The summed E-state index contributed by atoms with van der Waals surface area (Å²) in [5.41, 5.74) is 13.9. The Morgan fingerprint density at radius 2 is 1.12 bits per heavy atom. The van der Waals surface area contributed by atoms with Crippen LogP contribution in [0.3, 0.4) is 0 Å². The number of ketones is 3. The number of nitrogens with two attached hydrogens (primary N) is 2. The van der Waals surface area contributed by atoms with Crippen LogP contribution >= 0.6 is 44.9 Å². The van der Waals surface area contributed by atoms with E-state index in [-0.39, 0.29) is 83.9 Å². The number of nitrogens with zero attached hydrogens (tertiary/aromatic N) is 2. The third-order valence-corrected chi connectivity index (χ3v) is 29.8. The fraction of sp³-hybridized carbons (Fsp3) is 0.442. The van der Waals surface area contributed by atoms with E-state index in [9.17, 15) is 43.2 Å². The van der Waals surface area contributed by atoms with Crippen LogP contribution in [-0.4, -0.2) is 148 Å². The number of likely N-dealkylation sites (tertiary alicyclic amines) is 1. The van der Waals surface area contributed by atoms with Gasteiger partial charge in [-0.1, -0.05) is 153 Å². The predicted molar refractivity (Wildman–Crippen MR) is 468 cm³/mol. The maximum atomic E-state index is 15.8. The van der Waals surface area contributed by atoms with E-state index in [1.54, 1.807) is 72.8 Å². The summed E-state index contributed by atoms with van der Waals surface area (Å²) in [5, 5.41) is 26.6. The second-order valence-electron chi connectivity index (χ2n) is 31.6. The Labute approximate surface area is 711 Å². The van der Waals surface area contributed by atoms with Gasteiger partial charge in [-0.05, 0) is 165 Å². The summed E-state index contributed by atoms with van der Waals surface area (Å²) in [7, 11) is 3.99. The molecule has 0 aliphatic carbocycles. The molecule has 2 fully saturated rings. The number of benzene rings is 5. The quantitative estimate of drug-likeness (QED) is 0.00962. The van der Waals surface area contributed by atoms with Crippen molar-refractivity contribution < 1.29 is 76.4 Å². The van der Waals surface area contributed by atoms with Gasteiger partial charge in [0.15, 0.2) is 17.3 Å². The van der Waals surface area contributed by atoms with Crippen LogP contribution in [0.15, 0.2) is 140 Å². The average molecular weight is 1740 g/mol. The van der Waals surface area contributed by atoms with Crippen LogP contribution < -0.4 is 59.3 Å². The number of unbranched alkanes of at least 4 members (excludes halogenated alkanes) is 2. The Kier molecular flexibility index (Phi) is 37.7. The van der Waals surface area contributed by atoms with Crippen molar-refractivity contribution in [1.29, 1.82) is 0 Å². The average Bonchev–Trinajstić information content (AvgIpc) is 1.73. The normalized spacial score (nSPS) is 16.1. The molecule has 2 saturated heterocycles. The van der Waals surface area contributed by atoms with Crippen molar-refractivity contribution in [1.82, 2.24) is 47.1 Å². The van der Waals surface area contributed by atoms with Gasteiger partial charge in [0.2, 0.25) is 65.0 Å². The monoisotopic (exact) mass is 1740 g/mol. The molecule has 34 heteroatoms. The number of piperidine rings is 1. The molecule has 3 heterocycles. The van der Waals surface area contributed by atoms with Gasteiger partial charge in [-0.15, -0.1) is 8.93 Å². The molecule has 14 atom stereocenters. The lowest BCUT2D eigenvalue weighted by atomic mass is 9.87. The number of primary amides is 2. The van der Waals surface area contributed by atoms with Crippen molar-refractivity contribution >= 4 is 155 Å². The first-order valence-electron chi connectivity index (χ1n) is 40.3. The number of rotatable bonds is 46. The molecule has 0 bridgehead atoms. The number of amides is 13. The number of anilines is 2. The summed E-state index contributed by atoms with van der Waals surface area (Å²) in [5.74, 6) is -13.7. The van der Waals surface area contributed by atoms with Gasteiger partial charge in [-0.25, -0.2) is 4.79 Å². The standard InChI is InChI=1S/C86H110ClN13O16P4/c1-49(2)14-8-7-9-18-67(85(114)100-35-13-19-71(100)83(112)91-51(5)78(88)107)95-80(109)60(36-50(3)4)42-72(102)68(40-55-24-32-66(33-25-55)94-86(89)115)96-81(110)61(37-53-22-30-65(31-23-53)93-79(108)63-45-75(105)99-76(106)46-63)44-74(104)70(48-116-120(118)119-117)98-82(111)62(38-56-15-12-34-90-47-56)43-73(103)69(39-54-20-28-64(87)29-21-54)97-84(113)77(92-52(6)101)59-27-26-57-16-10-11-17-58(57)41-59/h10-12,15-17,20-34,41,47,49-51,60-63,67-71,77,119H,7-9,13-14,18-19,35-40,42-46,48,117-118H2,1-6H3,(H2,88,107)(H,91,112)(H,92,101)(H,93,108)(H,95,109)(H,96,110)(H,97,113)(H,98,111)(H3,89,94,115)(H,99,105,106)/t51-,60-,61-,62+,67+,68-,69-,70+,71?,77-,120?/m1/s1. The van der Waals surface area contributed by atoms with Crippen molar-refractivity contribution in [3.05, 3.63) is 173 Å². The molecule has 120 heavy (non-hydrogen) atoms. The Bertz CT molecular complexity index is 4610. The lowest BCUT2D eigenvalue weighted by Crippen LogP contribution is -2.56. The van der Waals surface area contributed by atoms with Gasteiger partial charge in [0.1, 0.15) is 30.2 Å². The maximum absolute atomic E-state index is 15.8. The van der Waals surface area contributed by atoms with Crippen LogP contribution in [0, 0.1) is 35.5 Å². The number of urea groups is 1. The first kappa shape index (κ1) is 95.6. The number of hydrogen-bond donors (Lipinski definition) is 11. The van der Waals surface area contributed by atoms with E-state index < -0.39 is 188 Å². The van der Waals surface area contributed by atoms with Gasteiger partial charge in [-0.2, -0.15) is 0 Å². The number of carbonyl (C=O) groups excluding carboxylic acids is 15. The summed E-state index contributed by atoms with van der Waals surface area (Å²) in [6.45, 7) is 10.4. The summed E-state index contributed by atoms with van der Waals surface area (Å²) in [6.07, 6.45) is 4.35. The molecular weight excluding hydrogens is 1630 g/mol. The van der Waals surface area contributed by atoms with E-state index in [0.717, 1.165) is 30.0 Å². The van der Waals surface area contributed by atoms with E-state index in [1.165, 1.54) is 55.4 Å². The zero-order valence-electron chi connectivity index (χ0n) is 68.3. The number of aromatic nitrogens is 1. The SMILES string of the molecule is CC(=O)N[C@@H](C(=O)N[C@H](Cc1ccc(Cl)cc1)C(=O)C[C@H](Cc1cccnc1)C(=O)N[C@@H](COP(P)PP)C(=O)C[C@@H](Cc1ccc(NC(=O)C2CC(=O)NC(=O)C2)cc1)C(=O)N[C@H](Cc1ccc(NC(N)=O)cc1)C(=O)C[C@@H](CC(C)C)C(=O)N[C@@H](CCCCCC(C)C)C(=O)N1CCCC1C(=O)N[C@H](C)C(N)=O)c1ccc2ccccc2c1. The van der Waals surface area contributed by atoms with E-state index in [2.05, 4.69) is 84.5 Å². The second-order valence-corrected chi connectivity index (χ2v) is 40.6. The number of carbonyl (C=O) groups is 15. The molecule has 5 aromatic carbocycles. The minimum atomic E-state index is -1.53. The first-order chi connectivity index (χ1) is 57.2. The highest BCUT2D eigenvalue weighted by atomic mass is 35.5. The van der Waals surface area contributed by atoms with Gasteiger partial charge in [0, 0.05) is 92.1 Å². The van der Waals surface area contributed by atoms with Gasteiger partial charge in [-0.3, -0.25) is 77.4 Å². The zero-order valence-corrected chi connectivity index (χ0v) is 73.2. The summed E-state index contributed by atoms with van der Waals surface area (Å²) in [6, 6.07) is 25.6.